The minimum atomic E-state index is -0.670. The molecule has 2 rings (SSSR count). The number of hydrogen-bond acceptors (Lipinski definition) is 2. The van der Waals surface area contributed by atoms with Crippen molar-refractivity contribution in [3.05, 3.63) is 57.0 Å². The molecule has 0 fully saturated rings. The second-order valence-corrected chi connectivity index (χ2v) is 5.28. The average Bonchev–Trinajstić information content (AvgIpc) is 2.42. The molecule has 0 aliphatic rings. The summed E-state index contributed by atoms with van der Waals surface area (Å²) >= 11 is 9.10. The van der Waals surface area contributed by atoms with E-state index in [1.807, 2.05) is 0 Å². The van der Waals surface area contributed by atoms with Gasteiger partial charge in [-0.25, -0.2) is 8.78 Å². The first kappa shape index (κ1) is 15.1. The number of nitrogens with one attached hydrogen (secondary N) is 1. The van der Waals surface area contributed by atoms with Crippen LogP contribution in [0.25, 0.3) is 0 Å². The SMILES string of the molecule is COc1cccc(Cl)c1CNc1cc(Br)c(F)cc1F. The highest BCUT2D eigenvalue weighted by molar-refractivity contribution is 9.10. The monoisotopic (exact) mass is 361 g/mol. The van der Waals surface area contributed by atoms with Gasteiger partial charge in [0.2, 0.25) is 0 Å². The van der Waals surface area contributed by atoms with Crippen molar-refractivity contribution < 1.29 is 13.5 Å². The van der Waals surface area contributed by atoms with Crippen LogP contribution in [0.1, 0.15) is 5.56 Å². The van der Waals surface area contributed by atoms with Gasteiger partial charge in [-0.3, -0.25) is 0 Å². The summed E-state index contributed by atoms with van der Waals surface area (Å²) < 4.78 is 32.2. The number of anilines is 1. The fourth-order valence-electron chi connectivity index (χ4n) is 1.74. The molecule has 2 nitrogen and oxygen atoms in total. The van der Waals surface area contributed by atoms with E-state index in [-0.39, 0.29) is 16.7 Å². The van der Waals surface area contributed by atoms with Crippen molar-refractivity contribution in [3.63, 3.8) is 0 Å². The molecule has 0 spiro atoms. The van der Waals surface area contributed by atoms with E-state index < -0.39 is 11.6 Å². The van der Waals surface area contributed by atoms with Gasteiger partial charge >= 0.3 is 0 Å². The lowest BCUT2D eigenvalue weighted by molar-refractivity contribution is 0.410. The molecule has 0 aromatic heterocycles. The van der Waals surface area contributed by atoms with E-state index in [1.165, 1.54) is 13.2 Å². The lowest BCUT2D eigenvalue weighted by Crippen LogP contribution is -2.04. The Bertz CT molecular complexity index is 637. The van der Waals surface area contributed by atoms with Crippen LogP contribution in [0, 0.1) is 11.6 Å². The molecule has 0 unspecified atom stereocenters. The Morgan fingerprint density at radius 3 is 2.70 bits per heavy atom. The van der Waals surface area contributed by atoms with E-state index in [0.717, 1.165) is 6.07 Å². The number of methoxy groups -OCH3 is 1. The summed E-state index contributed by atoms with van der Waals surface area (Å²) in [6, 6.07) is 7.40. The molecule has 20 heavy (non-hydrogen) atoms. The molecule has 0 saturated heterocycles. The van der Waals surface area contributed by atoms with Crippen LogP contribution in [0.15, 0.2) is 34.8 Å². The zero-order valence-electron chi connectivity index (χ0n) is 10.5. The van der Waals surface area contributed by atoms with E-state index >= 15 is 0 Å². The summed E-state index contributed by atoms with van der Waals surface area (Å²) in [7, 11) is 1.53. The van der Waals surface area contributed by atoms with Gasteiger partial charge in [0.15, 0.2) is 0 Å². The first-order chi connectivity index (χ1) is 9.52. The Kier molecular flexibility index (Phi) is 4.83. The summed E-state index contributed by atoms with van der Waals surface area (Å²) in [6.07, 6.45) is 0. The van der Waals surface area contributed by atoms with E-state index in [9.17, 15) is 8.78 Å². The zero-order chi connectivity index (χ0) is 14.7. The average molecular weight is 363 g/mol. The van der Waals surface area contributed by atoms with Crippen LogP contribution >= 0.6 is 27.5 Å². The molecule has 0 amide bonds. The number of rotatable bonds is 4. The standard InChI is InChI=1S/C14H11BrClF2NO/c1-20-14-4-2-3-10(16)8(14)7-19-13-5-9(15)11(17)6-12(13)18/h2-6,19H,7H2,1H3. The Balaban J connectivity index is 2.23. The number of ether oxygens (including phenoxy) is 1. The third-order valence-electron chi connectivity index (χ3n) is 2.76. The molecule has 2 aromatic carbocycles. The van der Waals surface area contributed by atoms with Gasteiger partial charge < -0.3 is 10.1 Å². The van der Waals surface area contributed by atoms with Crippen molar-refractivity contribution in [1.82, 2.24) is 0 Å². The van der Waals surface area contributed by atoms with E-state index in [0.29, 0.717) is 16.3 Å². The lowest BCUT2D eigenvalue weighted by Gasteiger charge is -2.13. The summed E-state index contributed by atoms with van der Waals surface area (Å²) in [5.41, 5.74) is 0.886. The van der Waals surface area contributed by atoms with Crippen LogP contribution in [0.3, 0.4) is 0 Å². The molecule has 0 atom stereocenters. The molecular weight excluding hydrogens is 352 g/mol. The molecule has 106 valence electrons. The van der Waals surface area contributed by atoms with Crippen molar-refractivity contribution >= 4 is 33.2 Å². The summed E-state index contributed by atoms with van der Waals surface area (Å²) in [6.45, 7) is 0.262. The molecule has 6 heteroatoms. The van der Waals surface area contributed by atoms with Crippen molar-refractivity contribution in [2.45, 2.75) is 6.54 Å². The molecule has 0 aliphatic carbocycles. The second-order valence-electron chi connectivity index (χ2n) is 4.02. The summed E-state index contributed by atoms with van der Waals surface area (Å²) in [5, 5.41) is 3.39. The smallest absolute Gasteiger partial charge is 0.149 e. The minimum Gasteiger partial charge on any atom is -0.496 e. The largest absolute Gasteiger partial charge is 0.496 e. The maximum Gasteiger partial charge on any atom is 0.149 e. The molecule has 0 heterocycles. The predicted molar refractivity (Wildman–Crippen MR) is 79.4 cm³/mol. The second kappa shape index (κ2) is 6.41. The first-order valence-electron chi connectivity index (χ1n) is 5.72. The highest BCUT2D eigenvalue weighted by atomic mass is 79.9. The number of hydrogen-bond donors (Lipinski definition) is 1. The molecule has 0 saturated carbocycles. The topological polar surface area (TPSA) is 21.3 Å². The maximum atomic E-state index is 13.6. The highest BCUT2D eigenvalue weighted by Crippen LogP contribution is 2.29. The molecular formula is C14H11BrClF2NO. The molecule has 0 aliphatic heterocycles. The summed E-state index contributed by atoms with van der Waals surface area (Å²) in [5.74, 6) is -0.716. The number of benzene rings is 2. The van der Waals surface area contributed by atoms with Crippen LogP contribution in [0.2, 0.25) is 5.02 Å². The van der Waals surface area contributed by atoms with Gasteiger partial charge in [-0.05, 0) is 34.1 Å². The van der Waals surface area contributed by atoms with Crippen LogP contribution in [-0.4, -0.2) is 7.11 Å². The van der Waals surface area contributed by atoms with E-state index in [2.05, 4.69) is 21.2 Å². The van der Waals surface area contributed by atoms with Crippen LogP contribution in [0.5, 0.6) is 5.75 Å². The third kappa shape index (κ3) is 3.22. The van der Waals surface area contributed by atoms with Crippen molar-refractivity contribution in [1.29, 1.82) is 0 Å². The van der Waals surface area contributed by atoms with Gasteiger partial charge in [-0.15, -0.1) is 0 Å². The number of halogens is 4. The van der Waals surface area contributed by atoms with Gasteiger partial charge in [-0.2, -0.15) is 0 Å². The lowest BCUT2D eigenvalue weighted by atomic mass is 10.2. The van der Waals surface area contributed by atoms with Gasteiger partial charge in [0, 0.05) is 23.2 Å². The Hall–Kier alpha value is -1.33. The Morgan fingerprint density at radius 1 is 1.25 bits per heavy atom. The van der Waals surface area contributed by atoms with E-state index in [1.54, 1.807) is 18.2 Å². The Labute approximate surface area is 128 Å². The fourth-order valence-corrected chi connectivity index (χ4v) is 2.32. The predicted octanol–water partition coefficient (Wildman–Crippen LogP) is 5.00. The normalized spacial score (nSPS) is 10.4. The molecule has 1 N–H and O–H groups in total. The van der Waals surface area contributed by atoms with Crippen molar-refractivity contribution in [2.75, 3.05) is 12.4 Å². The van der Waals surface area contributed by atoms with Crippen molar-refractivity contribution in [2.24, 2.45) is 0 Å². The molecule has 2 aromatic rings. The quantitative estimate of drug-likeness (QED) is 0.773. The highest BCUT2D eigenvalue weighted by Gasteiger charge is 2.11. The van der Waals surface area contributed by atoms with E-state index in [4.69, 9.17) is 16.3 Å². The molecule has 0 radical (unpaired) electrons. The van der Waals surface area contributed by atoms with Gasteiger partial charge in [0.25, 0.3) is 0 Å². The first-order valence-corrected chi connectivity index (χ1v) is 6.90. The Morgan fingerprint density at radius 2 is 2.00 bits per heavy atom. The molecule has 0 bridgehead atoms. The van der Waals surface area contributed by atoms with Crippen LogP contribution < -0.4 is 10.1 Å². The summed E-state index contributed by atoms with van der Waals surface area (Å²) in [4.78, 5) is 0. The van der Waals surface area contributed by atoms with Gasteiger partial charge in [0.1, 0.15) is 17.4 Å². The third-order valence-corrected chi connectivity index (χ3v) is 3.72. The fraction of sp³-hybridized carbons (Fsp3) is 0.143. The van der Waals surface area contributed by atoms with Crippen LogP contribution in [0.4, 0.5) is 14.5 Å². The van der Waals surface area contributed by atoms with Crippen LogP contribution in [-0.2, 0) is 6.54 Å². The van der Waals surface area contributed by atoms with Gasteiger partial charge in [-0.1, -0.05) is 17.7 Å². The minimum absolute atomic E-state index is 0.181. The van der Waals surface area contributed by atoms with Crippen molar-refractivity contribution in [3.8, 4) is 5.75 Å². The maximum absolute atomic E-state index is 13.6. The van der Waals surface area contributed by atoms with Gasteiger partial charge in [0.05, 0.1) is 17.3 Å². The zero-order valence-corrected chi connectivity index (χ0v) is 12.9.